The van der Waals surface area contributed by atoms with Gasteiger partial charge < -0.3 is 5.32 Å². The minimum absolute atomic E-state index is 0.231. The molecule has 0 bridgehead atoms. The quantitative estimate of drug-likeness (QED) is 0.726. The predicted molar refractivity (Wildman–Crippen MR) is 85.8 cm³/mol. The Morgan fingerprint density at radius 3 is 2.70 bits per heavy atom. The number of carbonyl (C=O) groups is 1. The van der Waals surface area contributed by atoms with Crippen molar-refractivity contribution in [3.63, 3.8) is 0 Å². The Morgan fingerprint density at radius 1 is 1.04 bits per heavy atom. The molecule has 6 nitrogen and oxygen atoms in total. The van der Waals surface area contributed by atoms with Gasteiger partial charge in [0.1, 0.15) is 5.69 Å². The average molecular weight is 323 g/mol. The third-order valence-electron chi connectivity index (χ3n) is 2.89. The summed E-state index contributed by atoms with van der Waals surface area (Å²) in [5.74, 6) is -0.231. The van der Waals surface area contributed by atoms with Crippen LogP contribution in [-0.4, -0.2) is 25.8 Å². The Balaban J connectivity index is 1.65. The second-order valence-electron chi connectivity index (χ2n) is 4.55. The molecule has 0 aliphatic rings. The molecule has 0 spiro atoms. The summed E-state index contributed by atoms with van der Waals surface area (Å²) >= 11 is 1.38. The number of carbonyl (C=O) groups excluding carboxylic acids is 1. The molecule has 3 rings (SSSR count). The van der Waals surface area contributed by atoms with Crippen molar-refractivity contribution in [3.8, 4) is 0 Å². The summed E-state index contributed by atoms with van der Waals surface area (Å²) in [6.45, 7) is 0.410. The monoisotopic (exact) mass is 323 g/mol. The molecule has 3 heterocycles. The fourth-order valence-electron chi connectivity index (χ4n) is 1.82. The maximum absolute atomic E-state index is 12.2. The summed E-state index contributed by atoms with van der Waals surface area (Å²) in [5.41, 5.74) is 1.29. The number of rotatable bonds is 5. The molecule has 1 N–H and O–H groups in total. The fourth-order valence-corrected chi connectivity index (χ4v) is 2.56. The minimum Gasteiger partial charge on any atom is -0.347 e. The fraction of sp³-hybridized carbons (Fsp3) is 0.0625. The highest BCUT2D eigenvalue weighted by atomic mass is 32.2. The summed E-state index contributed by atoms with van der Waals surface area (Å²) in [6, 6.07) is 9.03. The van der Waals surface area contributed by atoms with Gasteiger partial charge in [-0.3, -0.25) is 14.8 Å². The van der Waals surface area contributed by atoms with Crippen LogP contribution in [0.15, 0.2) is 71.4 Å². The highest BCUT2D eigenvalue weighted by Gasteiger charge is 2.09. The van der Waals surface area contributed by atoms with E-state index >= 15 is 0 Å². The van der Waals surface area contributed by atoms with Crippen LogP contribution < -0.4 is 5.32 Å². The van der Waals surface area contributed by atoms with Gasteiger partial charge in [-0.25, -0.2) is 9.97 Å². The lowest BCUT2D eigenvalue weighted by Crippen LogP contribution is -2.23. The van der Waals surface area contributed by atoms with E-state index in [1.54, 1.807) is 43.1 Å². The van der Waals surface area contributed by atoms with Crippen LogP contribution in [0.25, 0.3) is 0 Å². The molecule has 114 valence electrons. The first-order valence-corrected chi connectivity index (χ1v) is 7.71. The lowest BCUT2D eigenvalue weighted by atomic mass is 10.2. The number of hydrogen-bond donors (Lipinski definition) is 1. The van der Waals surface area contributed by atoms with Crippen molar-refractivity contribution in [2.75, 3.05) is 0 Å². The van der Waals surface area contributed by atoms with Crippen LogP contribution in [0.3, 0.4) is 0 Å². The molecule has 1 amide bonds. The van der Waals surface area contributed by atoms with E-state index in [0.717, 1.165) is 10.5 Å². The van der Waals surface area contributed by atoms with E-state index in [1.807, 2.05) is 18.2 Å². The maximum Gasteiger partial charge on any atom is 0.270 e. The number of nitrogens with zero attached hydrogens (tertiary/aromatic N) is 4. The van der Waals surface area contributed by atoms with Crippen LogP contribution in [0.4, 0.5) is 0 Å². The minimum atomic E-state index is -0.231. The van der Waals surface area contributed by atoms with Crippen LogP contribution in [0.5, 0.6) is 0 Å². The Hall–Kier alpha value is -2.80. The van der Waals surface area contributed by atoms with E-state index in [2.05, 4.69) is 25.3 Å². The predicted octanol–water partition coefficient (Wildman–Crippen LogP) is 2.35. The molecule has 23 heavy (non-hydrogen) atoms. The molecule has 0 aliphatic carbocycles. The normalized spacial score (nSPS) is 10.3. The molecular weight excluding hydrogens is 310 g/mol. The zero-order chi connectivity index (χ0) is 15.9. The van der Waals surface area contributed by atoms with Crippen molar-refractivity contribution in [2.45, 2.75) is 16.6 Å². The van der Waals surface area contributed by atoms with E-state index < -0.39 is 0 Å². The van der Waals surface area contributed by atoms with Crippen molar-refractivity contribution in [3.05, 3.63) is 72.6 Å². The molecule has 0 aromatic carbocycles. The van der Waals surface area contributed by atoms with Gasteiger partial charge in [0, 0.05) is 42.4 Å². The van der Waals surface area contributed by atoms with Crippen molar-refractivity contribution in [2.24, 2.45) is 0 Å². The summed E-state index contributed by atoms with van der Waals surface area (Å²) in [5, 5.41) is 3.45. The number of hydrogen-bond acceptors (Lipinski definition) is 6. The van der Waals surface area contributed by atoms with E-state index in [-0.39, 0.29) is 5.91 Å². The van der Waals surface area contributed by atoms with Crippen molar-refractivity contribution < 1.29 is 4.79 Å². The Labute approximate surface area is 137 Å². The van der Waals surface area contributed by atoms with Crippen molar-refractivity contribution >= 4 is 17.7 Å². The van der Waals surface area contributed by atoms with Crippen LogP contribution in [-0.2, 0) is 6.54 Å². The molecule has 3 aromatic heterocycles. The van der Waals surface area contributed by atoms with Gasteiger partial charge in [-0.15, -0.1) is 0 Å². The highest BCUT2D eigenvalue weighted by molar-refractivity contribution is 7.99. The molecule has 7 heteroatoms. The molecule has 0 saturated carbocycles. The first-order chi connectivity index (χ1) is 11.3. The Bertz CT molecular complexity index is 783. The standard InChI is InChI=1S/C16H13N5OS/c22-15(21-11-12-3-1-5-17-10-12)14-9-13(4-8-18-14)23-16-19-6-2-7-20-16/h1-10H,11H2,(H,21,22). The van der Waals surface area contributed by atoms with Crippen LogP contribution >= 0.6 is 11.8 Å². The summed E-state index contributed by atoms with van der Waals surface area (Å²) in [7, 11) is 0. The molecule has 0 radical (unpaired) electrons. The van der Waals surface area contributed by atoms with Crippen LogP contribution in [0.1, 0.15) is 16.1 Å². The average Bonchev–Trinajstić information content (AvgIpc) is 2.62. The zero-order valence-electron chi connectivity index (χ0n) is 12.1. The first kappa shape index (κ1) is 15.1. The van der Waals surface area contributed by atoms with Gasteiger partial charge in [-0.2, -0.15) is 0 Å². The molecule has 0 fully saturated rings. The topological polar surface area (TPSA) is 80.7 Å². The lowest BCUT2D eigenvalue weighted by Gasteiger charge is -2.06. The smallest absolute Gasteiger partial charge is 0.270 e. The van der Waals surface area contributed by atoms with Gasteiger partial charge in [0.05, 0.1) is 0 Å². The lowest BCUT2D eigenvalue weighted by molar-refractivity contribution is 0.0945. The third-order valence-corrected chi connectivity index (χ3v) is 3.77. The van der Waals surface area contributed by atoms with Crippen molar-refractivity contribution in [1.82, 2.24) is 25.3 Å². The molecule has 3 aromatic rings. The molecule has 0 atom stereocenters. The Morgan fingerprint density at radius 2 is 1.91 bits per heavy atom. The van der Waals surface area contributed by atoms with Gasteiger partial charge in [0.15, 0.2) is 5.16 Å². The number of amides is 1. The number of pyridine rings is 2. The zero-order valence-corrected chi connectivity index (χ0v) is 12.9. The Kier molecular flexibility index (Phi) is 4.90. The second-order valence-corrected chi connectivity index (χ2v) is 5.59. The second kappa shape index (κ2) is 7.46. The van der Waals surface area contributed by atoms with E-state index in [0.29, 0.717) is 17.4 Å². The van der Waals surface area contributed by atoms with Crippen LogP contribution in [0, 0.1) is 0 Å². The molecule has 0 saturated heterocycles. The van der Waals surface area contributed by atoms with Gasteiger partial charge in [0.25, 0.3) is 5.91 Å². The summed E-state index contributed by atoms with van der Waals surface area (Å²) < 4.78 is 0. The SMILES string of the molecule is O=C(NCc1cccnc1)c1cc(Sc2ncccn2)ccn1. The van der Waals surface area contributed by atoms with Gasteiger partial charge in [-0.1, -0.05) is 6.07 Å². The van der Waals surface area contributed by atoms with E-state index in [1.165, 1.54) is 11.8 Å². The molecular formula is C16H13N5OS. The van der Waals surface area contributed by atoms with Crippen molar-refractivity contribution in [1.29, 1.82) is 0 Å². The molecule has 0 unspecified atom stereocenters. The van der Waals surface area contributed by atoms with Gasteiger partial charge in [-0.05, 0) is 41.6 Å². The highest BCUT2D eigenvalue weighted by Crippen LogP contribution is 2.23. The number of aromatic nitrogens is 4. The van der Waals surface area contributed by atoms with Gasteiger partial charge in [0.2, 0.25) is 0 Å². The first-order valence-electron chi connectivity index (χ1n) is 6.89. The number of nitrogens with one attached hydrogen (secondary N) is 1. The largest absolute Gasteiger partial charge is 0.347 e. The summed E-state index contributed by atoms with van der Waals surface area (Å²) in [6.07, 6.45) is 8.37. The van der Waals surface area contributed by atoms with E-state index in [9.17, 15) is 4.79 Å². The van der Waals surface area contributed by atoms with Gasteiger partial charge >= 0.3 is 0 Å². The molecule has 0 aliphatic heterocycles. The maximum atomic E-state index is 12.2. The van der Waals surface area contributed by atoms with Crippen LogP contribution in [0.2, 0.25) is 0 Å². The summed E-state index contributed by atoms with van der Waals surface area (Å²) in [4.78, 5) is 29.5. The third kappa shape index (κ3) is 4.33. The van der Waals surface area contributed by atoms with E-state index in [4.69, 9.17) is 0 Å².